The molecule has 4 nitrogen and oxygen atoms in total. The van der Waals surface area contributed by atoms with E-state index in [1.54, 1.807) is 6.92 Å². The Labute approximate surface area is 97.8 Å². The van der Waals surface area contributed by atoms with Gasteiger partial charge in [0.05, 0.1) is 0 Å². The van der Waals surface area contributed by atoms with Crippen LogP contribution >= 0.6 is 0 Å². The van der Waals surface area contributed by atoms with Crippen molar-refractivity contribution in [3.8, 4) is 0 Å². The number of rotatable bonds is 4. The summed E-state index contributed by atoms with van der Waals surface area (Å²) in [6, 6.07) is 0. The Balaban J connectivity index is 2.46. The monoisotopic (exact) mass is 228 g/mol. The zero-order valence-electron chi connectivity index (χ0n) is 10.4. The van der Waals surface area contributed by atoms with Crippen LogP contribution in [0.3, 0.4) is 0 Å². The number of aliphatic carboxylic acids is 1. The van der Waals surface area contributed by atoms with Gasteiger partial charge in [-0.15, -0.1) is 0 Å². The Morgan fingerprint density at radius 3 is 2.75 bits per heavy atom. The molecule has 0 saturated carbocycles. The zero-order chi connectivity index (χ0) is 12.2. The predicted molar refractivity (Wildman–Crippen MR) is 64.3 cm³/mol. The van der Waals surface area contributed by atoms with Gasteiger partial charge in [0.1, 0.15) is 5.54 Å². The molecule has 94 valence electrons. The van der Waals surface area contributed by atoms with Crippen molar-refractivity contribution < 1.29 is 9.90 Å². The van der Waals surface area contributed by atoms with Crippen LogP contribution in [-0.4, -0.2) is 41.1 Å². The average molecular weight is 228 g/mol. The Morgan fingerprint density at radius 2 is 2.19 bits per heavy atom. The maximum Gasteiger partial charge on any atom is 0.324 e. The molecule has 4 heteroatoms. The number of carbonyl (C=O) groups is 1. The summed E-state index contributed by atoms with van der Waals surface area (Å²) < 4.78 is 0. The van der Waals surface area contributed by atoms with Crippen molar-refractivity contribution in [2.75, 3.05) is 19.6 Å². The van der Waals surface area contributed by atoms with Gasteiger partial charge in [-0.2, -0.15) is 0 Å². The summed E-state index contributed by atoms with van der Waals surface area (Å²) in [4.78, 5) is 13.1. The summed E-state index contributed by atoms with van der Waals surface area (Å²) in [6.45, 7) is 6.25. The van der Waals surface area contributed by atoms with Gasteiger partial charge in [-0.1, -0.05) is 13.3 Å². The van der Waals surface area contributed by atoms with E-state index in [2.05, 4.69) is 11.8 Å². The molecule has 1 aliphatic rings. The standard InChI is InChI=1S/C12H24N2O2/c1-3-10-5-4-7-14(8-6-10)9-12(2,13)11(15)16/h10H,3-9,13H2,1-2H3,(H,15,16). The minimum absolute atomic E-state index is 0.457. The van der Waals surface area contributed by atoms with Gasteiger partial charge in [0.2, 0.25) is 0 Å². The second-order valence-corrected chi connectivity index (χ2v) is 5.20. The van der Waals surface area contributed by atoms with Gasteiger partial charge in [0.15, 0.2) is 0 Å². The summed E-state index contributed by atoms with van der Waals surface area (Å²) in [5, 5.41) is 8.99. The lowest BCUT2D eigenvalue weighted by Gasteiger charge is -2.28. The summed E-state index contributed by atoms with van der Waals surface area (Å²) >= 11 is 0. The number of carboxylic acids is 1. The highest BCUT2D eigenvalue weighted by Crippen LogP contribution is 2.20. The largest absolute Gasteiger partial charge is 0.480 e. The molecule has 1 saturated heterocycles. The second-order valence-electron chi connectivity index (χ2n) is 5.20. The molecule has 0 bridgehead atoms. The number of likely N-dealkylation sites (tertiary alicyclic amines) is 1. The van der Waals surface area contributed by atoms with Crippen LogP contribution in [0.25, 0.3) is 0 Å². The van der Waals surface area contributed by atoms with E-state index in [1.165, 1.54) is 19.3 Å². The topological polar surface area (TPSA) is 66.6 Å². The number of nitrogens with two attached hydrogens (primary N) is 1. The highest BCUT2D eigenvalue weighted by atomic mass is 16.4. The third-order valence-corrected chi connectivity index (χ3v) is 3.56. The van der Waals surface area contributed by atoms with Crippen LogP contribution < -0.4 is 5.73 Å². The molecule has 0 spiro atoms. The molecule has 3 N–H and O–H groups in total. The van der Waals surface area contributed by atoms with E-state index >= 15 is 0 Å². The van der Waals surface area contributed by atoms with E-state index in [9.17, 15) is 4.79 Å². The number of carboxylic acid groups (broad SMARTS) is 1. The highest BCUT2D eigenvalue weighted by Gasteiger charge is 2.31. The average Bonchev–Trinajstić information content (AvgIpc) is 2.42. The first-order valence-corrected chi connectivity index (χ1v) is 6.20. The maximum absolute atomic E-state index is 10.9. The third kappa shape index (κ3) is 3.76. The van der Waals surface area contributed by atoms with E-state index in [-0.39, 0.29) is 0 Å². The molecule has 1 rings (SSSR count). The van der Waals surface area contributed by atoms with Crippen LogP contribution in [0, 0.1) is 5.92 Å². The summed E-state index contributed by atoms with van der Waals surface area (Å²) in [5.74, 6) is -0.109. The third-order valence-electron chi connectivity index (χ3n) is 3.56. The first-order valence-electron chi connectivity index (χ1n) is 6.20. The lowest BCUT2D eigenvalue weighted by Crippen LogP contribution is -2.54. The van der Waals surface area contributed by atoms with Crippen molar-refractivity contribution in [3.63, 3.8) is 0 Å². The first kappa shape index (κ1) is 13.5. The molecule has 2 atom stereocenters. The summed E-state index contributed by atoms with van der Waals surface area (Å²) in [7, 11) is 0. The van der Waals surface area contributed by atoms with Crippen LogP contribution in [0.1, 0.15) is 39.5 Å². The van der Waals surface area contributed by atoms with E-state index in [1.807, 2.05) is 0 Å². The van der Waals surface area contributed by atoms with E-state index in [4.69, 9.17) is 10.8 Å². The van der Waals surface area contributed by atoms with Crippen molar-refractivity contribution in [3.05, 3.63) is 0 Å². The fraction of sp³-hybridized carbons (Fsp3) is 0.917. The summed E-state index contributed by atoms with van der Waals surface area (Å²) in [6.07, 6.45) is 4.83. The van der Waals surface area contributed by atoms with E-state index < -0.39 is 11.5 Å². The molecule has 0 radical (unpaired) electrons. The Hall–Kier alpha value is -0.610. The van der Waals surface area contributed by atoms with Gasteiger partial charge >= 0.3 is 5.97 Å². The lowest BCUT2D eigenvalue weighted by atomic mass is 9.98. The normalized spacial score (nSPS) is 27.1. The van der Waals surface area contributed by atoms with Gasteiger partial charge in [0, 0.05) is 6.54 Å². The Morgan fingerprint density at radius 1 is 1.50 bits per heavy atom. The fourth-order valence-corrected chi connectivity index (χ4v) is 2.32. The molecule has 1 heterocycles. The molecule has 0 amide bonds. The summed E-state index contributed by atoms with van der Waals surface area (Å²) in [5.41, 5.74) is 4.65. The van der Waals surface area contributed by atoms with Crippen LogP contribution in [0.15, 0.2) is 0 Å². The van der Waals surface area contributed by atoms with Gasteiger partial charge in [-0.3, -0.25) is 4.79 Å². The number of hydrogen-bond acceptors (Lipinski definition) is 3. The molecule has 1 fully saturated rings. The lowest BCUT2D eigenvalue weighted by molar-refractivity contribution is -0.143. The Bertz CT molecular complexity index is 241. The minimum atomic E-state index is -1.12. The van der Waals surface area contributed by atoms with Crippen molar-refractivity contribution in [1.82, 2.24) is 4.90 Å². The van der Waals surface area contributed by atoms with Gasteiger partial charge in [0.25, 0.3) is 0 Å². The second kappa shape index (κ2) is 5.64. The number of hydrogen-bond donors (Lipinski definition) is 2. The van der Waals surface area contributed by atoms with Crippen LogP contribution in [-0.2, 0) is 4.79 Å². The zero-order valence-corrected chi connectivity index (χ0v) is 10.4. The van der Waals surface area contributed by atoms with Gasteiger partial charge in [-0.05, 0) is 45.2 Å². The molecule has 2 unspecified atom stereocenters. The smallest absolute Gasteiger partial charge is 0.324 e. The first-order chi connectivity index (χ1) is 7.45. The molecule has 0 aromatic rings. The van der Waals surface area contributed by atoms with Crippen molar-refractivity contribution in [2.24, 2.45) is 11.7 Å². The Kier molecular flexibility index (Phi) is 4.74. The number of nitrogens with zero attached hydrogens (tertiary/aromatic N) is 1. The van der Waals surface area contributed by atoms with E-state index in [0.29, 0.717) is 6.54 Å². The molecule has 1 aliphatic heterocycles. The molecule has 0 aliphatic carbocycles. The fourth-order valence-electron chi connectivity index (χ4n) is 2.32. The molecule has 0 aromatic carbocycles. The molecular weight excluding hydrogens is 204 g/mol. The van der Waals surface area contributed by atoms with Crippen LogP contribution in [0.5, 0.6) is 0 Å². The van der Waals surface area contributed by atoms with Crippen LogP contribution in [0.4, 0.5) is 0 Å². The molecule has 0 aromatic heterocycles. The molecular formula is C12H24N2O2. The van der Waals surface area contributed by atoms with Crippen molar-refractivity contribution in [2.45, 2.75) is 45.1 Å². The SMILES string of the molecule is CCC1CCCN(CC(C)(N)C(=O)O)CC1. The predicted octanol–water partition coefficient (Wildman–Crippen LogP) is 1.30. The minimum Gasteiger partial charge on any atom is -0.480 e. The van der Waals surface area contributed by atoms with Gasteiger partial charge < -0.3 is 15.7 Å². The molecule has 16 heavy (non-hydrogen) atoms. The van der Waals surface area contributed by atoms with Crippen molar-refractivity contribution in [1.29, 1.82) is 0 Å². The highest BCUT2D eigenvalue weighted by molar-refractivity contribution is 5.78. The van der Waals surface area contributed by atoms with E-state index in [0.717, 1.165) is 25.4 Å². The van der Waals surface area contributed by atoms with Crippen molar-refractivity contribution >= 4 is 5.97 Å². The quantitative estimate of drug-likeness (QED) is 0.761. The van der Waals surface area contributed by atoms with Crippen LogP contribution in [0.2, 0.25) is 0 Å². The maximum atomic E-state index is 10.9. The van der Waals surface area contributed by atoms with Gasteiger partial charge in [-0.25, -0.2) is 0 Å².